The zero-order chi connectivity index (χ0) is 13.8. The lowest BCUT2D eigenvalue weighted by Crippen LogP contribution is -2.27. The third kappa shape index (κ3) is 3.32. The quantitative estimate of drug-likeness (QED) is 0.855. The lowest BCUT2D eigenvalue weighted by atomic mass is 10.1. The van der Waals surface area contributed by atoms with Crippen molar-refractivity contribution in [2.24, 2.45) is 0 Å². The molecule has 0 spiro atoms. The van der Waals surface area contributed by atoms with Gasteiger partial charge in [0.15, 0.2) is 0 Å². The molecular weight excluding hydrogens is 306 g/mol. The van der Waals surface area contributed by atoms with Gasteiger partial charge in [-0.1, -0.05) is 18.2 Å². The molecule has 5 heteroatoms. The van der Waals surface area contributed by atoms with Crippen molar-refractivity contribution in [3.63, 3.8) is 0 Å². The number of rotatable bonds is 3. The highest BCUT2D eigenvalue weighted by Crippen LogP contribution is 2.20. The topological polar surface area (TPSA) is 68.0 Å². The largest absolute Gasteiger partial charge is 0.398 e. The smallest absolute Gasteiger partial charge is 0.253 e. The van der Waals surface area contributed by atoms with E-state index in [1.165, 1.54) is 6.20 Å². The Morgan fingerprint density at radius 2 is 2.11 bits per heavy atom. The van der Waals surface area contributed by atoms with Crippen molar-refractivity contribution in [1.82, 2.24) is 10.3 Å². The second kappa shape index (κ2) is 5.84. The van der Waals surface area contributed by atoms with E-state index in [2.05, 4.69) is 26.2 Å². The van der Waals surface area contributed by atoms with E-state index in [1.54, 1.807) is 12.3 Å². The van der Waals surface area contributed by atoms with Gasteiger partial charge >= 0.3 is 0 Å². The number of pyridine rings is 1. The van der Waals surface area contributed by atoms with Crippen LogP contribution in [0.5, 0.6) is 0 Å². The Labute approximate surface area is 120 Å². The summed E-state index contributed by atoms with van der Waals surface area (Å²) in [5.74, 6) is -0.176. The van der Waals surface area contributed by atoms with Crippen LogP contribution in [0.2, 0.25) is 0 Å². The molecule has 0 saturated heterocycles. The van der Waals surface area contributed by atoms with Crippen LogP contribution in [0.4, 0.5) is 5.69 Å². The number of aromatic nitrogens is 1. The number of halogens is 1. The van der Waals surface area contributed by atoms with Crippen molar-refractivity contribution in [2.45, 2.75) is 13.0 Å². The SMILES string of the molecule is CC(NC(=O)c1cncc(Br)c1)c1ccccc1N. The van der Waals surface area contributed by atoms with Crippen molar-refractivity contribution >= 4 is 27.5 Å². The monoisotopic (exact) mass is 319 g/mol. The van der Waals surface area contributed by atoms with Crippen LogP contribution in [-0.4, -0.2) is 10.9 Å². The standard InChI is InChI=1S/C14H14BrN3O/c1-9(12-4-2-3-5-13(12)16)18-14(19)10-6-11(15)8-17-7-10/h2-9H,16H2,1H3,(H,18,19). The molecule has 4 nitrogen and oxygen atoms in total. The van der Waals surface area contributed by atoms with E-state index < -0.39 is 0 Å². The number of nitrogen functional groups attached to an aromatic ring is 1. The number of benzene rings is 1. The number of para-hydroxylation sites is 1. The van der Waals surface area contributed by atoms with Gasteiger partial charge in [0.2, 0.25) is 0 Å². The number of hydrogen-bond acceptors (Lipinski definition) is 3. The predicted octanol–water partition coefficient (Wildman–Crippen LogP) is 2.92. The second-order valence-electron chi connectivity index (χ2n) is 4.22. The fraction of sp³-hybridized carbons (Fsp3) is 0.143. The maximum absolute atomic E-state index is 12.1. The Bertz CT molecular complexity index is 601. The van der Waals surface area contributed by atoms with Crippen molar-refractivity contribution in [3.05, 3.63) is 58.3 Å². The van der Waals surface area contributed by atoms with E-state index in [9.17, 15) is 4.79 Å². The molecule has 0 aliphatic carbocycles. The van der Waals surface area contributed by atoms with Gasteiger partial charge in [-0.05, 0) is 40.5 Å². The molecule has 0 fully saturated rings. The van der Waals surface area contributed by atoms with Crippen LogP contribution in [0.15, 0.2) is 47.2 Å². The zero-order valence-electron chi connectivity index (χ0n) is 10.4. The van der Waals surface area contributed by atoms with E-state index in [-0.39, 0.29) is 11.9 Å². The lowest BCUT2D eigenvalue weighted by molar-refractivity contribution is 0.0939. The van der Waals surface area contributed by atoms with E-state index in [0.29, 0.717) is 11.3 Å². The summed E-state index contributed by atoms with van der Waals surface area (Å²) in [6.45, 7) is 1.90. The summed E-state index contributed by atoms with van der Waals surface area (Å²) < 4.78 is 0.770. The summed E-state index contributed by atoms with van der Waals surface area (Å²) in [5.41, 5.74) is 7.97. The van der Waals surface area contributed by atoms with Crippen molar-refractivity contribution < 1.29 is 4.79 Å². The van der Waals surface area contributed by atoms with Crippen LogP contribution >= 0.6 is 15.9 Å². The molecule has 1 unspecified atom stereocenters. The van der Waals surface area contributed by atoms with Crippen molar-refractivity contribution in [1.29, 1.82) is 0 Å². The van der Waals surface area contributed by atoms with Crippen LogP contribution in [0.1, 0.15) is 28.9 Å². The first kappa shape index (κ1) is 13.5. The highest BCUT2D eigenvalue weighted by Gasteiger charge is 2.13. The van der Waals surface area contributed by atoms with Crippen LogP contribution in [0, 0.1) is 0 Å². The molecule has 1 amide bonds. The molecule has 0 saturated carbocycles. The molecule has 1 aromatic carbocycles. The number of nitrogens with zero attached hydrogens (tertiary/aromatic N) is 1. The average Bonchev–Trinajstić information content (AvgIpc) is 2.39. The minimum Gasteiger partial charge on any atom is -0.398 e. The van der Waals surface area contributed by atoms with Crippen LogP contribution in [0.3, 0.4) is 0 Å². The third-order valence-corrected chi connectivity index (χ3v) is 3.21. The maximum Gasteiger partial charge on any atom is 0.253 e. The van der Waals surface area contributed by atoms with Gasteiger partial charge in [0.25, 0.3) is 5.91 Å². The fourth-order valence-corrected chi connectivity index (χ4v) is 2.16. The Morgan fingerprint density at radius 3 is 2.79 bits per heavy atom. The van der Waals surface area contributed by atoms with E-state index in [1.807, 2.05) is 31.2 Å². The minimum absolute atomic E-state index is 0.160. The summed E-state index contributed by atoms with van der Waals surface area (Å²) in [7, 11) is 0. The van der Waals surface area contributed by atoms with Gasteiger partial charge in [-0.15, -0.1) is 0 Å². The molecule has 0 radical (unpaired) electrons. The highest BCUT2D eigenvalue weighted by molar-refractivity contribution is 9.10. The van der Waals surface area contributed by atoms with Gasteiger partial charge in [-0.3, -0.25) is 9.78 Å². The van der Waals surface area contributed by atoms with Gasteiger partial charge in [0.05, 0.1) is 11.6 Å². The fourth-order valence-electron chi connectivity index (χ4n) is 1.80. The first-order valence-corrected chi connectivity index (χ1v) is 6.63. The first-order valence-electron chi connectivity index (χ1n) is 5.83. The molecule has 19 heavy (non-hydrogen) atoms. The molecule has 2 rings (SSSR count). The number of anilines is 1. The van der Waals surface area contributed by atoms with Crippen molar-refractivity contribution in [3.8, 4) is 0 Å². The zero-order valence-corrected chi connectivity index (χ0v) is 12.0. The maximum atomic E-state index is 12.1. The Balaban J connectivity index is 2.13. The summed E-state index contributed by atoms with van der Waals surface area (Å²) >= 11 is 3.29. The van der Waals surface area contributed by atoms with E-state index in [4.69, 9.17) is 5.73 Å². The second-order valence-corrected chi connectivity index (χ2v) is 5.13. The molecule has 98 valence electrons. The normalized spacial score (nSPS) is 11.9. The Morgan fingerprint density at radius 1 is 1.37 bits per heavy atom. The number of nitrogens with two attached hydrogens (primary N) is 1. The van der Waals surface area contributed by atoms with Crippen molar-refractivity contribution in [2.75, 3.05) is 5.73 Å². The van der Waals surface area contributed by atoms with Crippen LogP contribution in [-0.2, 0) is 0 Å². The van der Waals surface area contributed by atoms with Gasteiger partial charge in [-0.2, -0.15) is 0 Å². The number of nitrogens with one attached hydrogen (secondary N) is 1. The molecule has 1 atom stereocenters. The number of carbonyl (C=O) groups excluding carboxylic acids is 1. The Kier molecular flexibility index (Phi) is 4.16. The molecule has 1 aromatic heterocycles. The summed E-state index contributed by atoms with van der Waals surface area (Å²) in [5, 5.41) is 2.90. The van der Waals surface area contributed by atoms with Gasteiger partial charge in [0, 0.05) is 22.6 Å². The molecule has 1 heterocycles. The molecule has 2 aromatic rings. The number of hydrogen-bond donors (Lipinski definition) is 2. The van der Waals surface area contributed by atoms with E-state index >= 15 is 0 Å². The van der Waals surface area contributed by atoms with Crippen LogP contribution < -0.4 is 11.1 Å². The first-order chi connectivity index (χ1) is 9.08. The van der Waals surface area contributed by atoms with Crippen LogP contribution in [0.25, 0.3) is 0 Å². The van der Waals surface area contributed by atoms with Gasteiger partial charge in [0.1, 0.15) is 0 Å². The number of amides is 1. The van der Waals surface area contributed by atoms with Gasteiger partial charge < -0.3 is 11.1 Å². The molecule has 3 N–H and O–H groups in total. The third-order valence-electron chi connectivity index (χ3n) is 2.78. The average molecular weight is 320 g/mol. The van der Waals surface area contributed by atoms with E-state index in [0.717, 1.165) is 10.0 Å². The molecule has 0 aliphatic heterocycles. The Hall–Kier alpha value is -1.88. The lowest BCUT2D eigenvalue weighted by Gasteiger charge is -2.16. The number of carbonyl (C=O) groups is 1. The minimum atomic E-state index is -0.176. The summed E-state index contributed by atoms with van der Waals surface area (Å²) in [6.07, 6.45) is 3.16. The summed E-state index contributed by atoms with van der Waals surface area (Å²) in [6, 6.07) is 9.05. The molecule has 0 aliphatic rings. The van der Waals surface area contributed by atoms with Gasteiger partial charge in [-0.25, -0.2) is 0 Å². The molecule has 0 bridgehead atoms. The summed E-state index contributed by atoms with van der Waals surface area (Å²) in [4.78, 5) is 16.0. The highest BCUT2D eigenvalue weighted by atomic mass is 79.9. The molecular formula is C14H14BrN3O. The predicted molar refractivity (Wildman–Crippen MR) is 78.7 cm³/mol.